The van der Waals surface area contributed by atoms with Gasteiger partial charge in [0.25, 0.3) is 5.91 Å². The third-order valence-corrected chi connectivity index (χ3v) is 3.93. The molecular formula is C18H18N4O3. The zero-order valence-electron chi connectivity index (χ0n) is 13.7. The minimum Gasteiger partial charge on any atom is -0.478 e. The number of amides is 1. The standard InChI is InChI=1S/C18H18N4O3/c1-2-5-14(16-21-20-15-6-3-4-11-22(15)16)19-17(23)12-7-9-13(10-8-12)18(24)25/h3-4,6-11,14H,2,5H2,1H3,(H,19,23)(H,24,25). The molecule has 7 heteroatoms. The quantitative estimate of drug-likeness (QED) is 0.720. The zero-order valence-corrected chi connectivity index (χ0v) is 13.7. The Morgan fingerprint density at radius 3 is 2.52 bits per heavy atom. The van der Waals surface area contributed by atoms with Crippen LogP contribution in [0.2, 0.25) is 0 Å². The second-order valence-corrected chi connectivity index (χ2v) is 5.68. The maximum Gasteiger partial charge on any atom is 0.335 e. The summed E-state index contributed by atoms with van der Waals surface area (Å²) in [4.78, 5) is 23.4. The predicted molar refractivity (Wildman–Crippen MR) is 91.5 cm³/mol. The first-order chi connectivity index (χ1) is 12.1. The first-order valence-electron chi connectivity index (χ1n) is 8.04. The molecule has 0 fully saturated rings. The van der Waals surface area contributed by atoms with Crippen molar-refractivity contribution in [1.29, 1.82) is 0 Å². The summed E-state index contributed by atoms with van der Waals surface area (Å²) in [5, 5.41) is 20.3. The summed E-state index contributed by atoms with van der Waals surface area (Å²) in [7, 11) is 0. The zero-order chi connectivity index (χ0) is 17.8. The molecule has 0 radical (unpaired) electrons. The van der Waals surface area contributed by atoms with Gasteiger partial charge in [0, 0.05) is 11.8 Å². The lowest BCUT2D eigenvalue weighted by Gasteiger charge is -2.16. The lowest BCUT2D eigenvalue weighted by Crippen LogP contribution is -2.30. The molecule has 1 amide bonds. The molecule has 0 aliphatic rings. The van der Waals surface area contributed by atoms with Crippen molar-refractivity contribution < 1.29 is 14.7 Å². The van der Waals surface area contributed by atoms with Crippen molar-refractivity contribution in [1.82, 2.24) is 19.9 Å². The van der Waals surface area contributed by atoms with Gasteiger partial charge < -0.3 is 10.4 Å². The summed E-state index contributed by atoms with van der Waals surface area (Å²) in [6.07, 6.45) is 3.44. The number of carboxylic acids is 1. The van der Waals surface area contributed by atoms with Crippen LogP contribution in [0.25, 0.3) is 5.65 Å². The molecule has 1 unspecified atom stereocenters. The molecule has 2 heterocycles. The molecule has 128 valence electrons. The van der Waals surface area contributed by atoms with Crippen molar-refractivity contribution in [2.24, 2.45) is 0 Å². The van der Waals surface area contributed by atoms with Gasteiger partial charge in [0.15, 0.2) is 11.5 Å². The maximum atomic E-state index is 12.5. The van der Waals surface area contributed by atoms with Crippen LogP contribution in [-0.4, -0.2) is 31.6 Å². The minimum atomic E-state index is -1.02. The van der Waals surface area contributed by atoms with Gasteiger partial charge in [-0.05, 0) is 42.8 Å². The van der Waals surface area contributed by atoms with Crippen molar-refractivity contribution in [3.8, 4) is 0 Å². The van der Waals surface area contributed by atoms with Crippen molar-refractivity contribution in [2.45, 2.75) is 25.8 Å². The fourth-order valence-corrected chi connectivity index (χ4v) is 2.66. The Morgan fingerprint density at radius 1 is 1.12 bits per heavy atom. The van der Waals surface area contributed by atoms with E-state index in [1.54, 1.807) is 0 Å². The van der Waals surface area contributed by atoms with Crippen LogP contribution in [0.15, 0.2) is 48.7 Å². The van der Waals surface area contributed by atoms with E-state index >= 15 is 0 Å². The van der Waals surface area contributed by atoms with E-state index in [1.165, 1.54) is 24.3 Å². The number of carbonyl (C=O) groups excluding carboxylic acids is 1. The highest BCUT2D eigenvalue weighted by Crippen LogP contribution is 2.18. The number of fused-ring (bicyclic) bond motifs is 1. The third kappa shape index (κ3) is 3.50. The van der Waals surface area contributed by atoms with E-state index in [0.29, 0.717) is 17.8 Å². The number of hydrogen-bond acceptors (Lipinski definition) is 4. The first-order valence-corrected chi connectivity index (χ1v) is 8.04. The fraction of sp³-hybridized carbons (Fsp3) is 0.222. The van der Waals surface area contributed by atoms with E-state index in [2.05, 4.69) is 15.5 Å². The number of aromatic carboxylic acids is 1. The van der Waals surface area contributed by atoms with Crippen LogP contribution in [0.5, 0.6) is 0 Å². The van der Waals surface area contributed by atoms with Gasteiger partial charge in [-0.25, -0.2) is 4.79 Å². The summed E-state index contributed by atoms with van der Waals surface area (Å²) >= 11 is 0. The van der Waals surface area contributed by atoms with Crippen LogP contribution >= 0.6 is 0 Å². The SMILES string of the molecule is CCCC(NC(=O)c1ccc(C(=O)O)cc1)c1nnc2ccccn12. The van der Waals surface area contributed by atoms with Gasteiger partial charge in [0.05, 0.1) is 11.6 Å². The van der Waals surface area contributed by atoms with E-state index in [0.717, 1.165) is 12.1 Å². The summed E-state index contributed by atoms with van der Waals surface area (Å²) < 4.78 is 1.86. The van der Waals surface area contributed by atoms with E-state index in [1.807, 2.05) is 35.7 Å². The lowest BCUT2D eigenvalue weighted by molar-refractivity contribution is 0.0696. The summed E-state index contributed by atoms with van der Waals surface area (Å²) in [5.74, 6) is -0.623. The van der Waals surface area contributed by atoms with Crippen LogP contribution in [0, 0.1) is 0 Å². The van der Waals surface area contributed by atoms with Gasteiger partial charge in [0.2, 0.25) is 0 Å². The molecule has 0 spiro atoms. The highest BCUT2D eigenvalue weighted by Gasteiger charge is 2.20. The van der Waals surface area contributed by atoms with E-state index in [-0.39, 0.29) is 17.5 Å². The van der Waals surface area contributed by atoms with Crippen molar-refractivity contribution >= 4 is 17.5 Å². The van der Waals surface area contributed by atoms with E-state index in [4.69, 9.17) is 5.11 Å². The van der Waals surface area contributed by atoms with Crippen LogP contribution in [-0.2, 0) is 0 Å². The van der Waals surface area contributed by atoms with Crippen LogP contribution in [0.4, 0.5) is 0 Å². The van der Waals surface area contributed by atoms with E-state index in [9.17, 15) is 9.59 Å². The number of hydrogen-bond donors (Lipinski definition) is 2. The molecule has 0 saturated heterocycles. The van der Waals surface area contributed by atoms with Gasteiger partial charge in [-0.3, -0.25) is 9.20 Å². The fourth-order valence-electron chi connectivity index (χ4n) is 2.66. The second-order valence-electron chi connectivity index (χ2n) is 5.68. The van der Waals surface area contributed by atoms with Crippen LogP contribution < -0.4 is 5.32 Å². The Hall–Kier alpha value is -3.22. The Kier molecular flexibility index (Phi) is 4.74. The molecular weight excluding hydrogens is 320 g/mol. The van der Waals surface area contributed by atoms with Crippen LogP contribution in [0.3, 0.4) is 0 Å². The Bertz CT molecular complexity index is 902. The Morgan fingerprint density at radius 2 is 1.84 bits per heavy atom. The molecule has 1 aromatic carbocycles. The van der Waals surface area contributed by atoms with Gasteiger partial charge >= 0.3 is 5.97 Å². The van der Waals surface area contributed by atoms with Gasteiger partial charge in [-0.15, -0.1) is 10.2 Å². The Balaban J connectivity index is 1.84. The molecule has 2 aromatic heterocycles. The van der Waals surface area contributed by atoms with Gasteiger partial charge in [-0.2, -0.15) is 0 Å². The molecule has 0 bridgehead atoms. The number of pyridine rings is 1. The first kappa shape index (κ1) is 16.6. The molecule has 7 nitrogen and oxygen atoms in total. The maximum absolute atomic E-state index is 12.5. The predicted octanol–water partition coefficient (Wildman–Crippen LogP) is 2.70. The summed E-state index contributed by atoms with van der Waals surface area (Å²) in [5.41, 5.74) is 1.27. The average Bonchev–Trinajstić information content (AvgIpc) is 3.05. The molecule has 25 heavy (non-hydrogen) atoms. The third-order valence-electron chi connectivity index (χ3n) is 3.93. The van der Waals surface area contributed by atoms with Gasteiger partial charge in [0.1, 0.15) is 0 Å². The molecule has 3 rings (SSSR count). The normalized spacial score (nSPS) is 12.0. The van der Waals surface area contributed by atoms with E-state index < -0.39 is 5.97 Å². The molecule has 2 N–H and O–H groups in total. The number of nitrogens with one attached hydrogen (secondary N) is 1. The monoisotopic (exact) mass is 338 g/mol. The summed E-state index contributed by atoms with van der Waals surface area (Å²) in [6.45, 7) is 2.03. The number of rotatable bonds is 6. The number of nitrogens with zero attached hydrogens (tertiary/aromatic N) is 3. The number of carbonyl (C=O) groups is 2. The highest BCUT2D eigenvalue weighted by atomic mass is 16.4. The Labute approximate surface area is 144 Å². The average molecular weight is 338 g/mol. The van der Waals surface area contributed by atoms with Gasteiger partial charge in [-0.1, -0.05) is 19.4 Å². The largest absolute Gasteiger partial charge is 0.478 e. The molecule has 1 atom stereocenters. The number of aromatic nitrogens is 3. The second kappa shape index (κ2) is 7.12. The minimum absolute atomic E-state index is 0.144. The molecule has 0 aliphatic carbocycles. The molecule has 3 aromatic rings. The molecule has 0 aliphatic heterocycles. The van der Waals surface area contributed by atoms with Crippen molar-refractivity contribution in [3.05, 3.63) is 65.6 Å². The topological polar surface area (TPSA) is 96.6 Å². The molecule has 0 saturated carbocycles. The highest BCUT2D eigenvalue weighted by molar-refractivity contribution is 5.96. The smallest absolute Gasteiger partial charge is 0.335 e. The lowest BCUT2D eigenvalue weighted by atomic mass is 10.1. The van der Waals surface area contributed by atoms with Crippen molar-refractivity contribution in [2.75, 3.05) is 0 Å². The van der Waals surface area contributed by atoms with Crippen LogP contribution in [0.1, 0.15) is 52.3 Å². The van der Waals surface area contributed by atoms with Crippen molar-refractivity contribution in [3.63, 3.8) is 0 Å². The number of carboxylic acid groups (broad SMARTS) is 1. The summed E-state index contributed by atoms with van der Waals surface area (Å²) in [6, 6.07) is 11.2. The number of benzene rings is 1.